The lowest BCUT2D eigenvalue weighted by molar-refractivity contribution is -0.146. The van der Waals surface area contributed by atoms with Gasteiger partial charge in [0.15, 0.2) is 0 Å². The number of carbonyl (C=O) groups excluding carboxylic acids is 4. The van der Waals surface area contributed by atoms with Crippen LogP contribution in [0, 0.1) is 19.8 Å². The van der Waals surface area contributed by atoms with Crippen molar-refractivity contribution in [3.63, 3.8) is 0 Å². The maximum atomic E-state index is 14.0. The predicted octanol–water partition coefficient (Wildman–Crippen LogP) is 3.81. The molecule has 0 aromatic heterocycles. The van der Waals surface area contributed by atoms with Crippen LogP contribution in [0.15, 0.2) is 18.2 Å². The van der Waals surface area contributed by atoms with Crippen LogP contribution in [0.4, 0.5) is 4.79 Å². The molecule has 0 radical (unpaired) electrons. The molecule has 2 N–H and O–H groups in total. The molecule has 0 aliphatic rings. The van der Waals surface area contributed by atoms with E-state index in [1.807, 2.05) is 53.7 Å². The molecule has 9 heteroatoms. The number of methoxy groups -OCH3 is 1. The Balaban J connectivity index is 3.53. The third kappa shape index (κ3) is 9.17. The summed E-state index contributed by atoms with van der Waals surface area (Å²) in [6.07, 6.45) is -0.353. The van der Waals surface area contributed by atoms with Gasteiger partial charge in [-0.15, -0.1) is 0 Å². The fourth-order valence-electron chi connectivity index (χ4n) is 3.82. The van der Waals surface area contributed by atoms with E-state index in [1.165, 1.54) is 12.0 Å². The quantitative estimate of drug-likeness (QED) is 0.468. The molecule has 1 aromatic carbocycles. The molecule has 0 aliphatic heterocycles. The van der Waals surface area contributed by atoms with Crippen LogP contribution in [0.1, 0.15) is 77.6 Å². The second-order valence-electron chi connectivity index (χ2n) is 10.7. The molecule has 0 heterocycles. The number of aryl methyl sites for hydroxylation is 1. The molecule has 202 valence electrons. The van der Waals surface area contributed by atoms with Gasteiger partial charge in [-0.1, -0.05) is 32.0 Å². The summed E-state index contributed by atoms with van der Waals surface area (Å²) in [7, 11) is 1.24. The summed E-state index contributed by atoms with van der Waals surface area (Å²) in [5.41, 5.74) is 1.72. The molecule has 3 amide bonds. The molecular weight excluding hydrogens is 462 g/mol. The zero-order valence-corrected chi connectivity index (χ0v) is 23.4. The van der Waals surface area contributed by atoms with E-state index < -0.39 is 47.6 Å². The Morgan fingerprint density at radius 1 is 1.03 bits per heavy atom. The number of ether oxygens (including phenoxy) is 2. The van der Waals surface area contributed by atoms with Crippen LogP contribution in [0.3, 0.4) is 0 Å². The summed E-state index contributed by atoms with van der Waals surface area (Å²) in [4.78, 5) is 53.3. The second kappa shape index (κ2) is 13.3. The number of esters is 1. The highest BCUT2D eigenvalue weighted by Crippen LogP contribution is 2.29. The number of rotatable bonds is 10. The van der Waals surface area contributed by atoms with Crippen molar-refractivity contribution in [1.82, 2.24) is 15.5 Å². The first kappa shape index (κ1) is 30.9. The van der Waals surface area contributed by atoms with Gasteiger partial charge < -0.3 is 25.0 Å². The minimum atomic E-state index is -1.03. The van der Waals surface area contributed by atoms with Crippen molar-refractivity contribution in [3.8, 4) is 0 Å². The Morgan fingerprint density at radius 2 is 1.64 bits per heavy atom. The van der Waals surface area contributed by atoms with Gasteiger partial charge in [-0.25, -0.2) is 4.79 Å². The molecule has 0 aliphatic carbocycles. The van der Waals surface area contributed by atoms with Gasteiger partial charge in [0, 0.05) is 6.04 Å². The Morgan fingerprint density at radius 3 is 2.14 bits per heavy atom. The van der Waals surface area contributed by atoms with Crippen molar-refractivity contribution >= 4 is 23.9 Å². The lowest BCUT2D eigenvalue weighted by Gasteiger charge is -2.38. The maximum Gasteiger partial charge on any atom is 0.408 e. The first-order valence-electron chi connectivity index (χ1n) is 12.3. The predicted molar refractivity (Wildman–Crippen MR) is 138 cm³/mol. The summed E-state index contributed by atoms with van der Waals surface area (Å²) in [5.74, 6) is -1.45. The van der Waals surface area contributed by atoms with E-state index in [4.69, 9.17) is 4.74 Å². The van der Waals surface area contributed by atoms with Crippen LogP contribution in [0.25, 0.3) is 0 Å². The molecule has 1 aromatic rings. The molecule has 1 rings (SSSR count). The summed E-state index contributed by atoms with van der Waals surface area (Å²) in [6, 6.07) is 3.20. The Hall–Kier alpha value is -3.10. The number of benzene rings is 1. The van der Waals surface area contributed by atoms with Gasteiger partial charge in [0.2, 0.25) is 11.8 Å². The van der Waals surface area contributed by atoms with Crippen LogP contribution in [0.5, 0.6) is 0 Å². The largest absolute Gasteiger partial charge is 0.468 e. The molecule has 0 spiro atoms. The molecule has 0 saturated carbocycles. The summed E-state index contributed by atoms with van der Waals surface area (Å²) in [5, 5.41) is 5.31. The average molecular weight is 506 g/mol. The minimum absolute atomic E-state index is 0.0789. The van der Waals surface area contributed by atoms with Crippen molar-refractivity contribution in [1.29, 1.82) is 0 Å². The number of alkyl carbamates (subject to hydrolysis) is 1. The summed E-state index contributed by atoms with van der Waals surface area (Å²) in [6.45, 7) is 16.2. The Labute approximate surface area is 215 Å². The normalized spacial score (nSPS) is 13.1. The topological polar surface area (TPSA) is 114 Å². The van der Waals surface area contributed by atoms with E-state index in [2.05, 4.69) is 15.4 Å². The van der Waals surface area contributed by atoms with Crippen molar-refractivity contribution in [2.45, 2.75) is 92.5 Å². The fraction of sp³-hybridized carbons (Fsp3) is 0.630. The first-order chi connectivity index (χ1) is 16.6. The molecule has 0 fully saturated rings. The monoisotopic (exact) mass is 505 g/mol. The van der Waals surface area contributed by atoms with E-state index in [9.17, 15) is 19.2 Å². The van der Waals surface area contributed by atoms with Crippen molar-refractivity contribution in [3.05, 3.63) is 34.9 Å². The highest BCUT2D eigenvalue weighted by Gasteiger charge is 2.38. The van der Waals surface area contributed by atoms with E-state index >= 15 is 0 Å². The molecule has 9 nitrogen and oxygen atoms in total. The molecular formula is C27H43N3O6. The SMILES string of the molecule is COC(=O)CNC(=O)C(c1cccc(C)c1C)N(C(=O)C(CC(C)C)NC(=O)OC(C)(C)C)C(C)C. The molecule has 36 heavy (non-hydrogen) atoms. The zero-order chi connectivity index (χ0) is 27.8. The minimum Gasteiger partial charge on any atom is -0.468 e. The Kier molecular flexibility index (Phi) is 11.4. The highest BCUT2D eigenvalue weighted by molar-refractivity contribution is 5.93. The van der Waals surface area contributed by atoms with Crippen molar-refractivity contribution < 1.29 is 28.7 Å². The Bertz CT molecular complexity index is 936. The van der Waals surface area contributed by atoms with Gasteiger partial charge in [-0.2, -0.15) is 0 Å². The molecule has 2 atom stereocenters. The third-order valence-corrected chi connectivity index (χ3v) is 5.61. The number of hydrogen-bond acceptors (Lipinski definition) is 6. The van der Waals surface area contributed by atoms with Crippen LogP contribution >= 0.6 is 0 Å². The number of carbonyl (C=O) groups is 4. The summed E-state index contributed by atoms with van der Waals surface area (Å²) >= 11 is 0. The van der Waals surface area contributed by atoms with Gasteiger partial charge in [-0.3, -0.25) is 14.4 Å². The van der Waals surface area contributed by atoms with E-state index in [0.717, 1.165) is 11.1 Å². The number of amides is 3. The van der Waals surface area contributed by atoms with Gasteiger partial charge >= 0.3 is 12.1 Å². The van der Waals surface area contributed by atoms with Crippen molar-refractivity contribution in [2.75, 3.05) is 13.7 Å². The highest BCUT2D eigenvalue weighted by atomic mass is 16.6. The van der Waals surface area contributed by atoms with E-state index in [-0.39, 0.29) is 12.5 Å². The molecule has 2 unspecified atom stereocenters. The number of nitrogens with one attached hydrogen (secondary N) is 2. The van der Waals surface area contributed by atoms with E-state index in [1.54, 1.807) is 26.8 Å². The second-order valence-corrected chi connectivity index (χ2v) is 10.7. The lowest BCUT2D eigenvalue weighted by Crippen LogP contribution is -2.55. The lowest BCUT2D eigenvalue weighted by atomic mass is 9.93. The van der Waals surface area contributed by atoms with Gasteiger partial charge in [0.1, 0.15) is 24.2 Å². The maximum absolute atomic E-state index is 14.0. The molecule has 0 saturated heterocycles. The molecule has 0 bridgehead atoms. The van der Waals surface area contributed by atoms with Crippen molar-refractivity contribution in [2.24, 2.45) is 5.92 Å². The number of hydrogen-bond donors (Lipinski definition) is 2. The van der Waals surface area contributed by atoms with Gasteiger partial charge in [-0.05, 0) is 77.5 Å². The smallest absolute Gasteiger partial charge is 0.408 e. The number of nitrogens with zero attached hydrogens (tertiary/aromatic N) is 1. The average Bonchev–Trinajstić information content (AvgIpc) is 2.74. The van der Waals surface area contributed by atoms with Gasteiger partial charge in [0.25, 0.3) is 0 Å². The first-order valence-corrected chi connectivity index (χ1v) is 12.3. The third-order valence-electron chi connectivity index (χ3n) is 5.61. The van der Waals surface area contributed by atoms with Crippen LogP contribution in [0.2, 0.25) is 0 Å². The summed E-state index contributed by atoms with van der Waals surface area (Å²) < 4.78 is 10.0. The van der Waals surface area contributed by atoms with Gasteiger partial charge in [0.05, 0.1) is 7.11 Å². The van der Waals surface area contributed by atoms with Crippen LogP contribution in [-0.4, -0.2) is 60.1 Å². The van der Waals surface area contributed by atoms with E-state index in [0.29, 0.717) is 12.0 Å². The fourth-order valence-corrected chi connectivity index (χ4v) is 3.82. The van der Waals surface area contributed by atoms with Crippen LogP contribution < -0.4 is 10.6 Å². The standard InChI is InChI=1S/C27H43N3O6/c1-16(2)14-21(29-26(34)36-27(7,8)9)25(33)30(17(3)4)23(24(32)28-15-22(31)35-10)20-13-11-12-18(5)19(20)6/h11-13,16-17,21,23H,14-15H2,1-10H3,(H,28,32)(H,29,34). The zero-order valence-electron chi connectivity index (χ0n) is 23.4. The van der Waals surface area contributed by atoms with Crippen LogP contribution in [-0.2, 0) is 23.9 Å².